The lowest BCUT2D eigenvalue weighted by Crippen LogP contribution is -2.06. The highest BCUT2D eigenvalue weighted by atomic mass is 19.1. The second-order valence-electron chi connectivity index (χ2n) is 6.80. The molecule has 8 heteroatoms. The molecule has 1 aliphatic carbocycles. The topological polar surface area (TPSA) is 108 Å². The smallest absolute Gasteiger partial charge is 0.224 e. The van der Waals surface area contributed by atoms with Crippen LogP contribution in [-0.4, -0.2) is 25.1 Å². The second-order valence-corrected chi connectivity index (χ2v) is 6.80. The van der Waals surface area contributed by atoms with E-state index in [1.807, 2.05) is 12.1 Å². The zero-order valence-electron chi connectivity index (χ0n) is 14.5. The van der Waals surface area contributed by atoms with Gasteiger partial charge in [-0.2, -0.15) is 10.1 Å². The summed E-state index contributed by atoms with van der Waals surface area (Å²) in [6, 6.07) is 7.06. The van der Waals surface area contributed by atoms with Crippen molar-refractivity contribution in [3.63, 3.8) is 0 Å². The van der Waals surface area contributed by atoms with E-state index in [-0.39, 0.29) is 5.82 Å². The highest BCUT2D eigenvalue weighted by Crippen LogP contribution is 2.40. The normalized spacial score (nSPS) is 14.0. The van der Waals surface area contributed by atoms with Crippen molar-refractivity contribution < 1.29 is 4.39 Å². The molecule has 7 nitrogen and oxygen atoms in total. The molecule has 0 spiro atoms. The van der Waals surface area contributed by atoms with Crippen molar-refractivity contribution in [1.82, 2.24) is 25.1 Å². The number of anilines is 2. The van der Waals surface area contributed by atoms with Gasteiger partial charge in [-0.25, -0.2) is 9.37 Å². The zero-order valence-corrected chi connectivity index (χ0v) is 14.5. The molecule has 4 aromatic rings. The van der Waals surface area contributed by atoms with Crippen LogP contribution in [0.1, 0.15) is 30.0 Å². The average molecular weight is 363 g/mol. The van der Waals surface area contributed by atoms with Gasteiger partial charge in [0.15, 0.2) is 0 Å². The molecule has 0 bridgehead atoms. The number of nitrogens with two attached hydrogens (primary N) is 1. The third-order valence-electron chi connectivity index (χ3n) is 4.91. The predicted molar refractivity (Wildman–Crippen MR) is 102 cm³/mol. The van der Waals surface area contributed by atoms with Crippen molar-refractivity contribution >= 4 is 22.7 Å². The number of H-pyrrole nitrogens is 2. The number of nitrogen functional groups attached to an aromatic ring is 1. The van der Waals surface area contributed by atoms with Crippen LogP contribution >= 0.6 is 0 Å². The Kier molecular flexibility index (Phi) is 3.56. The lowest BCUT2D eigenvalue weighted by molar-refractivity contribution is 0.637. The number of nitrogens with one attached hydrogen (secondary N) is 3. The van der Waals surface area contributed by atoms with Crippen molar-refractivity contribution in [2.45, 2.75) is 25.3 Å². The van der Waals surface area contributed by atoms with Crippen LogP contribution in [0.2, 0.25) is 0 Å². The number of fused-ring (bicyclic) bond motifs is 1. The standard InChI is InChI=1S/C19H18FN7/c20-14-4-3-11(12-5-6-22-17(12)14)8-23-19-24-9-13(18(21)25-19)16-7-15(26-27-16)10-1-2-10/h3-7,9-10,22H,1-2,8H2,(H,26,27)(H3,21,23,24,25). The van der Waals surface area contributed by atoms with E-state index in [0.717, 1.165) is 22.3 Å². The van der Waals surface area contributed by atoms with Crippen LogP contribution < -0.4 is 11.1 Å². The number of nitrogens with zero attached hydrogens (tertiary/aromatic N) is 3. The molecule has 3 heterocycles. The van der Waals surface area contributed by atoms with E-state index in [1.165, 1.54) is 18.9 Å². The molecule has 0 unspecified atom stereocenters. The molecule has 0 saturated heterocycles. The highest BCUT2D eigenvalue weighted by molar-refractivity contribution is 5.83. The summed E-state index contributed by atoms with van der Waals surface area (Å²) in [5.41, 5.74) is 10.2. The Morgan fingerprint density at radius 3 is 2.96 bits per heavy atom. The summed E-state index contributed by atoms with van der Waals surface area (Å²) < 4.78 is 13.8. The number of aromatic nitrogens is 5. The van der Waals surface area contributed by atoms with Crippen LogP contribution in [0.4, 0.5) is 16.2 Å². The summed E-state index contributed by atoms with van der Waals surface area (Å²) >= 11 is 0. The number of halogens is 1. The largest absolute Gasteiger partial charge is 0.383 e. The molecule has 27 heavy (non-hydrogen) atoms. The van der Waals surface area contributed by atoms with Crippen molar-refractivity contribution in [3.8, 4) is 11.3 Å². The summed E-state index contributed by atoms with van der Waals surface area (Å²) in [4.78, 5) is 11.6. The first kappa shape index (κ1) is 15.8. The lowest BCUT2D eigenvalue weighted by atomic mass is 10.1. The first-order chi connectivity index (χ1) is 13.2. The van der Waals surface area contributed by atoms with Crippen LogP contribution in [0.3, 0.4) is 0 Å². The van der Waals surface area contributed by atoms with Crippen molar-refractivity contribution in [2.75, 3.05) is 11.1 Å². The van der Waals surface area contributed by atoms with Crippen molar-refractivity contribution in [1.29, 1.82) is 0 Å². The summed E-state index contributed by atoms with van der Waals surface area (Å²) in [5.74, 6) is 1.11. The average Bonchev–Trinajstić information content (AvgIpc) is 3.18. The number of benzene rings is 1. The molecule has 1 aliphatic rings. The van der Waals surface area contributed by atoms with Gasteiger partial charge in [0, 0.05) is 35.9 Å². The molecule has 1 saturated carbocycles. The molecular weight excluding hydrogens is 345 g/mol. The highest BCUT2D eigenvalue weighted by Gasteiger charge is 2.26. The van der Waals surface area contributed by atoms with Crippen molar-refractivity contribution in [3.05, 3.63) is 53.7 Å². The van der Waals surface area contributed by atoms with E-state index in [9.17, 15) is 4.39 Å². The van der Waals surface area contributed by atoms with E-state index in [4.69, 9.17) is 5.73 Å². The van der Waals surface area contributed by atoms with Crippen LogP contribution in [0.15, 0.2) is 36.7 Å². The Morgan fingerprint density at radius 1 is 1.26 bits per heavy atom. The van der Waals surface area contributed by atoms with Gasteiger partial charge in [-0.3, -0.25) is 5.10 Å². The molecule has 1 aromatic carbocycles. The lowest BCUT2D eigenvalue weighted by Gasteiger charge is -2.08. The van der Waals surface area contributed by atoms with E-state index in [1.54, 1.807) is 18.5 Å². The zero-order chi connectivity index (χ0) is 18.4. The number of hydrogen-bond acceptors (Lipinski definition) is 5. The Balaban J connectivity index is 1.35. The van der Waals surface area contributed by atoms with Gasteiger partial charge in [0.2, 0.25) is 5.95 Å². The summed E-state index contributed by atoms with van der Waals surface area (Å²) in [7, 11) is 0. The number of rotatable bonds is 5. The maximum absolute atomic E-state index is 13.8. The minimum absolute atomic E-state index is 0.270. The predicted octanol–water partition coefficient (Wildman–Crippen LogP) is 3.56. The maximum Gasteiger partial charge on any atom is 0.224 e. The monoisotopic (exact) mass is 363 g/mol. The van der Waals surface area contributed by atoms with Crippen molar-refractivity contribution in [2.24, 2.45) is 0 Å². The fraction of sp³-hybridized carbons (Fsp3) is 0.211. The van der Waals surface area contributed by atoms with Crippen LogP contribution in [0, 0.1) is 5.82 Å². The van der Waals surface area contributed by atoms with Gasteiger partial charge < -0.3 is 16.0 Å². The van der Waals surface area contributed by atoms with E-state index >= 15 is 0 Å². The molecule has 3 aromatic heterocycles. The van der Waals surface area contributed by atoms with Crippen LogP contribution in [-0.2, 0) is 6.54 Å². The molecule has 5 rings (SSSR count). The van der Waals surface area contributed by atoms with Gasteiger partial charge in [0.25, 0.3) is 0 Å². The van der Waals surface area contributed by atoms with Gasteiger partial charge in [0.1, 0.15) is 11.6 Å². The maximum atomic E-state index is 13.8. The van der Waals surface area contributed by atoms with Gasteiger partial charge in [-0.05, 0) is 36.6 Å². The molecule has 1 fully saturated rings. The van der Waals surface area contributed by atoms with E-state index < -0.39 is 0 Å². The van der Waals surface area contributed by atoms with Gasteiger partial charge in [-0.15, -0.1) is 0 Å². The Bertz CT molecular complexity index is 1130. The SMILES string of the molecule is Nc1nc(NCc2ccc(F)c3[nH]ccc23)ncc1-c1cc(C2CC2)[nH]n1. The summed E-state index contributed by atoms with van der Waals surface area (Å²) in [6.07, 6.45) is 5.80. The summed E-state index contributed by atoms with van der Waals surface area (Å²) in [5, 5.41) is 11.4. The molecular formula is C19H18FN7. The Hall–Kier alpha value is -3.42. The molecule has 136 valence electrons. The number of hydrogen-bond donors (Lipinski definition) is 4. The molecule has 0 atom stereocenters. The molecule has 0 aliphatic heterocycles. The fourth-order valence-electron chi connectivity index (χ4n) is 3.27. The molecule has 5 N–H and O–H groups in total. The van der Waals surface area contributed by atoms with Gasteiger partial charge in [0.05, 0.1) is 16.8 Å². The van der Waals surface area contributed by atoms with Crippen LogP contribution in [0.25, 0.3) is 22.2 Å². The van der Waals surface area contributed by atoms with Crippen LogP contribution in [0.5, 0.6) is 0 Å². The minimum atomic E-state index is -0.270. The van der Waals surface area contributed by atoms with Gasteiger partial charge >= 0.3 is 0 Å². The summed E-state index contributed by atoms with van der Waals surface area (Å²) in [6.45, 7) is 0.460. The molecule has 0 amide bonds. The first-order valence-electron chi connectivity index (χ1n) is 8.85. The van der Waals surface area contributed by atoms with E-state index in [0.29, 0.717) is 35.3 Å². The Morgan fingerprint density at radius 2 is 2.15 bits per heavy atom. The third kappa shape index (κ3) is 2.88. The quantitative estimate of drug-likeness (QED) is 0.434. The fourth-order valence-corrected chi connectivity index (χ4v) is 3.27. The second kappa shape index (κ2) is 6.08. The van der Waals surface area contributed by atoms with E-state index in [2.05, 4.69) is 30.5 Å². The first-order valence-corrected chi connectivity index (χ1v) is 8.85. The molecule has 0 radical (unpaired) electrons. The Labute approximate surface area is 154 Å². The van der Waals surface area contributed by atoms with Gasteiger partial charge in [-0.1, -0.05) is 6.07 Å². The minimum Gasteiger partial charge on any atom is -0.383 e. The third-order valence-corrected chi connectivity index (χ3v) is 4.91. The number of aromatic amines is 2.